The van der Waals surface area contributed by atoms with Gasteiger partial charge >= 0.3 is 0 Å². The van der Waals surface area contributed by atoms with Gasteiger partial charge in [-0.3, -0.25) is 0 Å². The van der Waals surface area contributed by atoms with E-state index in [-0.39, 0.29) is 5.41 Å². The van der Waals surface area contributed by atoms with Crippen molar-refractivity contribution >= 4 is 0 Å². The van der Waals surface area contributed by atoms with Crippen LogP contribution in [0.25, 0.3) is 0 Å². The zero-order chi connectivity index (χ0) is 13.9. The molecule has 0 radical (unpaired) electrons. The van der Waals surface area contributed by atoms with Gasteiger partial charge in [0.2, 0.25) is 0 Å². The molecule has 1 aliphatic carbocycles. The third kappa shape index (κ3) is 3.18. The standard InChI is InChI=1S/C15H20N2O2/c1-17(11-15(10-16)6-7-15)9-12-8-13(18-2)4-5-14(12)19-3/h4-5,8H,6-7,9,11H2,1-3H3. The van der Waals surface area contributed by atoms with E-state index in [9.17, 15) is 0 Å². The molecule has 0 bridgehead atoms. The molecule has 1 aliphatic rings. The van der Waals surface area contributed by atoms with E-state index >= 15 is 0 Å². The molecule has 4 nitrogen and oxygen atoms in total. The number of nitrogens with zero attached hydrogens (tertiary/aromatic N) is 2. The zero-order valence-corrected chi connectivity index (χ0v) is 11.8. The van der Waals surface area contributed by atoms with Crippen LogP contribution in [0.15, 0.2) is 18.2 Å². The van der Waals surface area contributed by atoms with Crippen molar-refractivity contribution in [2.45, 2.75) is 19.4 Å². The molecule has 1 aromatic carbocycles. The molecular weight excluding hydrogens is 240 g/mol. The molecule has 4 heteroatoms. The molecule has 0 unspecified atom stereocenters. The number of hydrogen-bond acceptors (Lipinski definition) is 4. The van der Waals surface area contributed by atoms with Gasteiger partial charge < -0.3 is 14.4 Å². The van der Waals surface area contributed by atoms with E-state index in [4.69, 9.17) is 14.7 Å². The van der Waals surface area contributed by atoms with Crippen molar-refractivity contribution in [3.63, 3.8) is 0 Å². The molecule has 1 saturated carbocycles. The van der Waals surface area contributed by atoms with E-state index in [1.807, 2.05) is 25.2 Å². The van der Waals surface area contributed by atoms with Crippen molar-refractivity contribution in [1.29, 1.82) is 5.26 Å². The summed E-state index contributed by atoms with van der Waals surface area (Å²) in [6.07, 6.45) is 2.03. The Hall–Kier alpha value is -1.73. The largest absolute Gasteiger partial charge is 0.497 e. The molecule has 1 fully saturated rings. The molecule has 0 saturated heterocycles. The SMILES string of the molecule is COc1ccc(OC)c(CN(C)CC2(C#N)CC2)c1. The summed E-state index contributed by atoms with van der Waals surface area (Å²) in [5.74, 6) is 1.68. The van der Waals surface area contributed by atoms with Crippen LogP contribution < -0.4 is 9.47 Å². The Balaban J connectivity index is 2.07. The van der Waals surface area contributed by atoms with Gasteiger partial charge in [-0.15, -0.1) is 0 Å². The summed E-state index contributed by atoms with van der Waals surface area (Å²) in [4.78, 5) is 2.17. The smallest absolute Gasteiger partial charge is 0.123 e. The normalized spacial score (nSPS) is 15.9. The number of benzene rings is 1. The van der Waals surface area contributed by atoms with Crippen LogP contribution in [-0.4, -0.2) is 32.7 Å². The fourth-order valence-electron chi connectivity index (χ4n) is 2.33. The maximum atomic E-state index is 9.13. The Kier molecular flexibility index (Phi) is 3.96. The molecule has 19 heavy (non-hydrogen) atoms. The second kappa shape index (κ2) is 5.50. The lowest BCUT2D eigenvalue weighted by Crippen LogP contribution is -2.25. The first kappa shape index (κ1) is 13.7. The highest BCUT2D eigenvalue weighted by Gasteiger charge is 2.43. The lowest BCUT2D eigenvalue weighted by Gasteiger charge is -2.21. The average Bonchev–Trinajstić information content (AvgIpc) is 3.18. The van der Waals surface area contributed by atoms with Crippen LogP contribution in [0.1, 0.15) is 18.4 Å². The second-order valence-electron chi connectivity index (χ2n) is 5.24. The fourth-order valence-corrected chi connectivity index (χ4v) is 2.33. The molecule has 2 rings (SSSR count). The molecule has 0 N–H and O–H groups in total. The van der Waals surface area contributed by atoms with Gasteiger partial charge in [-0.25, -0.2) is 0 Å². The number of hydrogen-bond donors (Lipinski definition) is 0. The Morgan fingerprint density at radius 3 is 2.58 bits per heavy atom. The first-order chi connectivity index (χ1) is 9.12. The molecule has 102 valence electrons. The van der Waals surface area contributed by atoms with Crippen LogP contribution >= 0.6 is 0 Å². The minimum Gasteiger partial charge on any atom is -0.497 e. The Morgan fingerprint density at radius 2 is 2.05 bits per heavy atom. The Labute approximate surface area is 114 Å². The second-order valence-corrected chi connectivity index (χ2v) is 5.24. The monoisotopic (exact) mass is 260 g/mol. The highest BCUT2D eigenvalue weighted by atomic mass is 16.5. The third-order valence-electron chi connectivity index (χ3n) is 3.59. The van der Waals surface area contributed by atoms with Crippen molar-refractivity contribution in [2.75, 3.05) is 27.8 Å². The predicted octanol–water partition coefficient (Wildman–Crippen LogP) is 2.44. The van der Waals surface area contributed by atoms with Gasteiger partial charge in [0.15, 0.2) is 0 Å². The molecular formula is C15H20N2O2. The zero-order valence-electron chi connectivity index (χ0n) is 11.8. The van der Waals surface area contributed by atoms with Gasteiger partial charge in [0.1, 0.15) is 11.5 Å². The molecule has 0 atom stereocenters. The Bertz CT molecular complexity index is 489. The average molecular weight is 260 g/mol. The van der Waals surface area contributed by atoms with Crippen molar-refractivity contribution in [2.24, 2.45) is 5.41 Å². The summed E-state index contributed by atoms with van der Waals surface area (Å²) >= 11 is 0. The molecule has 0 aliphatic heterocycles. The highest BCUT2D eigenvalue weighted by Crippen LogP contribution is 2.45. The third-order valence-corrected chi connectivity index (χ3v) is 3.59. The number of rotatable bonds is 6. The van der Waals surface area contributed by atoms with Crippen LogP contribution in [0.4, 0.5) is 0 Å². The summed E-state index contributed by atoms with van der Waals surface area (Å²) < 4.78 is 10.6. The summed E-state index contributed by atoms with van der Waals surface area (Å²) in [7, 11) is 5.36. The van der Waals surface area contributed by atoms with Crippen LogP contribution in [0.3, 0.4) is 0 Å². The quantitative estimate of drug-likeness (QED) is 0.788. The Morgan fingerprint density at radius 1 is 1.32 bits per heavy atom. The number of ether oxygens (including phenoxy) is 2. The van der Waals surface area contributed by atoms with E-state index in [1.165, 1.54) is 0 Å². The van der Waals surface area contributed by atoms with Gasteiger partial charge in [-0.2, -0.15) is 5.26 Å². The lowest BCUT2D eigenvalue weighted by atomic mass is 10.1. The summed E-state index contributed by atoms with van der Waals surface area (Å²) in [5, 5.41) is 9.13. The van der Waals surface area contributed by atoms with Crippen molar-refractivity contribution in [3.8, 4) is 17.6 Å². The summed E-state index contributed by atoms with van der Waals surface area (Å²) in [5.41, 5.74) is 0.971. The van der Waals surface area contributed by atoms with Crippen LogP contribution in [0.2, 0.25) is 0 Å². The first-order valence-electron chi connectivity index (χ1n) is 6.43. The van der Waals surface area contributed by atoms with E-state index in [2.05, 4.69) is 11.0 Å². The van der Waals surface area contributed by atoms with Gasteiger partial charge in [-0.1, -0.05) is 0 Å². The predicted molar refractivity (Wildman–Crippen MR) is 73.2 cm³/mol. The van der Waals surface area contributed by atoms with Crippen LogP contribution in [0.5, 0.6) is 11.5 Å². The minimum absolute atomic E-state index is 0.110. The van der Waals surface area contributed by atoms with Gasteiger partial charge in [0.05, 0.1) is 25.7 Å². The van der Waals surface area contributed by atoms with Crippen LogP contribution in [0, 0.1) is 16.7 Å². The number of nitriles is 1. The summed E-state index contributed by atoms with van der Waals surface area (Å²) in [6.45, 7) is 1.56. The minimum atomic E-state index is -0.110. The summed E-state index contributed by atoms with van der Waals surface area (Å²) in [6, 6.07) is 8.21. The van der Waals surface area contributed by atoms with Crippen molar-refractivity contribution in [3.05, 3.63) is 23.8 Å². The van der Waals surface area contributed by atoms with Gasteiger partial charge in [-0.05, 0) is 38.1 Å². The molecule has 0 aromatic heterocycles. The maximum absolute atomic E-state index is 9.13. The lowest BCUT2D eigenvalue weighted by molar-refractivity contribution is 0.280. The number of methoxy groups -OCH3 is 2. The van der Waals surface area contributed by atoms with E-state index < -0.39 is 0 Å². The fraction of sp³-hybridized carbons (Fsp3) is 0.533. The maximum Gasteiger partial charge on any atom is 0.123 e. The first-order valence-corrected chi connectivity index (χ1v) is 6.43. The molecule has 0 amide bonds. The molecule has 1 aromatic rings. The molecule has 0 spiro atoms. The van der Waals surface area contributed by atoms with Gasteiger partial charge in [0, 0.05) is 18.7 Å². The van der Waals surface area contributed by atoms with Crippen LogP contribution in [-0.2, 0) is 6.54 Å². The van der Waals surface area contributed by atoms with Gasteiger partial charge in [0.25, 0.3) is 0 Å². The molecule has 0 heterocycles. The van der Waals surface area contributed by atoms with Crippen molar-refractivity contribution < 1.29 is 9.47 Å². The van der Waals surface area contributed by atoms with E-state index in [0.29, 0.717) is 0 Å². The van der Waals surface area contributed by atoms with E-state index in [0.717, 1.165) is 43.0 Å². The van der Waals surface area contributed by atoms with Crippen molar-refractivity contribution in [1.82, 2.24) is 4.90 Å². The topological polar surface area (TPSA) is 45.5 Å². The highest BCUT2D eigenvalue weighted by molar-refractivity contribution is 5.40. The van der Waals surface area contributed by atoms with E-state index in [1.54, 1.807) is 14.2 Å².